The van der Waals surface area contributed by atoms with Crippen LogP contribution in [0.3, 0.4) is 0 Å². The highest BCUT2D eigenvalue weighted by Gasteiger charge is 2.39. The van der Waals surface area contributed by atoms with E-state index in [2.05, 4.69) is 15.4 Å². The largest absolute Gasteiger partial charge is 0.377 e. The first kappa shape index (κ1) is 17.7. The molecule has 0 bridgehead atoms. The molecule has 0 aliphatic heterocycles. The Morgan fingerprint density at radius 1 is 1.38 bits per heavy atom. The quantitative estimate of drug-likeness (QED) is 0.557. The zero-order valence-electron chi connectivity index (χ0n) is 16.0. The van der Waals surface area contributed by atoms with Gasteiger partial charge in [-0.2, -0.15) is 5.10 Å². The second kappa shape index (κ2) is 6.30. The van der Waals surface area contributed by atoms with Crippen molar-refractivity contribution in [3.05, 3.63) is 54.6 Å². The van der Waals surface area contributed by atoms with Gasteiger partial charge >= 0.3 is 0 Å². The number of hydrogen-bond acceptors (Lipinski definition) is 4. The molecular weight excluding hydrogens is 371 g/mol. The molecule has 148 valence electrons. The van der Waals surface area contributed by atoms with Crippen molar-refractivity contribution < 1.29 is 9.18 Å². The van der Waals surface area contributed by atoms with E-state index in [9.17, 15) is 9.18 Å². The fourth-order valence-electron chi connectivity index (χ4n) is 4.21. The van der Waals surface area contributed by atoms with Crippen molar-refractivity contribution in [2.75, 3.05) is 5.32 Å². The van der Waals surface area contributed by atoms with Crippen LogP contribution in [0, 0.1) is 0 Å². The van der Waals surface area contributed by atoms with E-state index in [0.29, 0.717) is 24.0 Å². The SMILES string of the molecule is C[C@]1(F)CCC[C@H]1Nc1c(C(N)=O)cnn2cc(-c3cnc4ccccn34)cc12. The van der Waals surface area contributed by atoms with Crippen molar-refractivity contribution in [3.8, 4) is 11.3 Å². The summed E-state index contributed by atoms with van der Waals surface area (Å²) in [5.41, 5.74) is 8.30. The topological polar surface area (TPSA) is 89.7 Å². The van der Waals surface area contributed by atoms with Crippen LogP contribution in [0.2, 0.25) is 0 Å². The number of halogens is 1. The molecule has 0 aromatic carbocycles. The standard InChI is InChI=1S/C21H21FN6O/c1-21(22)7-4-5-17(21)26-19-14(20(23)29)10-25-28-12-13(9-15(19)28)16-11-24-18-6-2-3-8-27(16)18/h2-3,6,8-12,17,26H,4-5,7H2,1H3,(H2,23,29)/t17-,21+/m1/s1. The molecule has 3 N–H and O–H groups in total. The number of nitrogens with one attached hydrogen (secondary N) is 1. The van der Waals surface area contributed by atoms with E-state index in [1.54, 1.807) is 17.6 Å². The van der Waals surface area contributed by atoms with Crippen LogP contribution < -0.4 is 11.1 Å². The summed E-state index contributed by atoms with van der Waals surface area (Å²) in [5.74, 6) is -0.599. The maximum Gasteiger partial charge on any atom is 0.252 e. The number of alkyl halides is 1. The number of hydrogen-bond donors (Lipinski definition) is 2. The molecular formula is C21H21FN6O. The monoisotopic (exact) mass is 392 g/mol. The van der Waals surface area contributed by atoms with Gasteiger partial charge in [-0.15, -0.1) is 0 Å². The van der Waals surface area contributed by atoms with Gasteiger partial charge in [0.05, 0.1) is 40.9 Å². The van der Waals surface area contributed by atoms with Gasteiger partial charge in [-0.1, -0.05) is 6.07 Å². The number of primary amides is 1. The fourth-order valence-corrected chi connectivity index (χ4v) is 4.21. The van der Waals surface area contributed by atoms with Crippen molar-refractivity contribution in [2.24, 2.45) is 5.73 Å². The van der Waals surface area contributed by atoms with Gasteiger partial charge in [-0.3, -0.25) is 9.20 Å². The van der Waals surface area contributed by atoms with E-state index in [4.69, 9.17) is 5.73 Å². The summed E-state index contributed by atoms with van der Waals surface area (Å²) < 4.78 is 18.5. The molecule has 1 fully saturated rings. The van der Waals surface area contributed by atoms with Gasteiger partial charge in [-0.05, 0) is 44.4 Å². The van der Waals surface area contributed by atoms with Crippen LogP contribution in [0.15, 0.2) is 49.1 Å². The third kappa shape index (κ3) is 2.83. The average Bonchev–Trinajstić information content (AvgIpc) is 3.38. The minimum Gasteiger partial charge on any atom is -0.377 e. The Balaban J connectivity index is 1.66. The Bertz CT molecular complexity index is 1240. The average molecular weight is 392 g/mol. The lowest BCUT2D eigenvalue weighted by Gasteiger charge is -2.26. The Morgan fingerprint density at radius 3 is 3.00 bits per heavy atom. The summed E-state index contributed by atoms with van der Waals surface area (Å²) in [4.78, 5) is 16.5. The van der Waals surface area contributed by atoms with Gasteiger partial charge in [0.2, 0.25) is 0 Å². The van der Waals surface area contributed by atoms with Crippen LogP contribution in [0.25, 0.3) is 22.4 Å². The molecule has 4 aromatic heterocycles. The number of nitrogens with two attached hydrogens (primary N) is 1. The third-order valence-electron chi connectivity index (χ3n) is 5.82. The molecule has 0 unspecified atom stereocenters. The second-order valence-electron chi connectivity index (χ2n) is 7.80. The van der Waals surface area contributed by atoms with Crippen molar-refractivity contribution in [3.63, 3.8) is 0 Å². The predicted octanol–water partition coefficient (Wildman–Crippen LogP) is 3.44. The number of pyridine rings is 1. The molecule has 0 radical (unpaired) electrons. The zero-order chi connectivity index (χ0) is 20.2. The molecule has 7 nitrogen and oxygen atoms in total. The summed E-state index contributed by atoms with van der Waals surface area (Å²) in [5, 5.41) is 7.60. The summed E-state index contributed by atoms with van der Waals surface area (Å²) in [6.07, 6.45) is 9.01. The smallest absolute Gasteiger partial charge is 0.252 e. The summed E-state index contributed by atoms with van der Waals surface area (Å²) >= 11 is 0. The summed E-state index contributed by atoms with van der Waals surface area (Å²) in [6.45, 7) is 1.60. The number of carbonyl (C=O) groups is 1. The van der Waals surface area contributed by atoms with Gasteiger partial charge in [-0.25, -0.2) is 13.9 Å². The number of fused-ring (bicyclic) bond motifs is 2. The van der Waals surface area contributed by atoms with Crippen LogP contribution in [-0.2, 0) is 0 Å². The summed E-state index contributed by atoms with van der Waals surface area (Å²) in [6, 6.07) is 7.33. The molecule has 29 heavy (non-hydrogen) atoms. The molecule has 1 saturated carbocycles. The van der Waals surface area contributed by atoms with Gasteiger partial charge in [0, 0.05) is 18.0 Å². The van der Waals surface area contributed by atoms with E-state index in [-0.39, 0.29) is 11.6 Å². The molecule has 0 saturated heterocycles. The minimum absolute atomic E-state index is 0.253. The Kier molecular flexibility index (Phi) is 3.84. The van der Waals surface area contributed by atoms with Crippen molar-refractivity contribution >= 4 is 22.8 Å². The molecule has 0 spiro atoms. The Morgan fingerprint density at radius 2 is 2.24 bits per heavy atom. The first-order chi connectivity index (χ1) is 13.9. The fraction of sp³-hybridized carbons (Fsp3) is 0.286. The highest BCUT2D eigenvalue weighted by Crippen LogP contribution is 2.37. The van der Waals surface area contributed by atoms with Crippen molar-refractivity contribution in [2.45, 2.75) is 37.9 Å². The van der Waals surface area contributed by atoms with Gasteiger partial charge in [0.15, 0.2) is 0 Å². The molecule has 1 aliphatic carbocycles. The van der Waals surface area contributed by atoms with E-state index >= 15 is 0 Å². The van der Waals surface area contributed by atoms with Crippen LogP contribution in [0.4, 0.5) is 10.1 Å². The first-order valence-corrected chi connectivity index (χ1v) is 9.63. The van der Waals surface area contributed by atoms with Crippen LogP contribution >= 0.6 is 0 Å². The Hall–Kier alpha value is -3.42. The van der Waals surface area contributed by atoms with Crippen LogP contribution in [-0.4, -0.2) is 36.6 Å². The highest BCUT2D eigenvalue weighted by molar-refractivity contribution is 6.02. The number of imidazole rings is 1. The number of nitrogens with zero attached hydrogens (tertiary/aromatic N) is 4. The summed E-state index contributed by atoms with van der Waals surface area (Å²) in [7, 11) is 0. The molecule has 1 amide bonds. The maximum atomic E-state index is 14.9. The van der Waals surface area contributed by atoms with E-state index < -0.39 is 11.6 Å². The molecule has 1 aliphatic rings. The van der Waals surface area contributed by atoms with Gasteiger partial charge < -0.3 is 11.1 Å². The van der Waals surface area contributed by atoms with Crippen molar-refractivity contribution in [1.29, 1.82) is 0 Å². The number of rotatable bonds is 4. The van der Waals surface area contributed by atoms with Gasteiger partial charge in [0.1, 0.15) is 11.3 Å². The highest BCUT2D eigenvalue weighted by atomic mass is 19.1. The normalized spacial score (nSPS) is 21.8. The maximum absolute atomic E-state index is 14.9. The first-order valence-electron chi connectivity index (χ1n) is 9.63. The van der Waals surface area contributed by atoms with Gasteiger partial charge in [0.25, 0.3) is 5.91 Å². The van der Waals surface area contributed by atoms with Crippen molar-refractivity contribution in [1.82, 2.24) is 19.0 Å². The predicted molar refractivity (Wildman–Crippen MR) is 109 cm³/mol. The van der Waals surface area contributed by atoms with E-state index in [1.807, 2.05) is 41.1 Å². The third-order valence-corrected chi connectivity index (χ3v) is 5.82. The molecule has 8 heteroatoms. The lowest BCUT2D eigenvalue weighted by Crippen LogP contribution is -2.36. The lowest BCUT2D eigenvalue weighted by molar-refractivity contribution is 0.1000. The number of aromatic nitrogens is 4. The number of amides is 1. The van der Waals surface area contributed by atoms with E-state index in [0.717, 1.165) is 23.3 Å². The van der Waals surface area contributed by atoms with Crippen LogP contribution in [0.5, 0.6) is 0 Å². The molecule has 4 heterocycles. The lowest BCUT2D eigenvalue weighted by atomic mass is 10.0. The number of carbonyl (C=O) groups excluding carboxylic acids is 1. The second-order valence-corrected chi connectivity index (χ2v) is 7.80. The van der Waals surface area contributed by atoms with E-state index in [1.165, 1.54) is 6.20 Å². The molecule has 4 aromatic rings. The zero-order valence-corrected chi connectivity index (χ0v) is 16.0. The Labute approximate surface area is 166 Å². The molecule has 5 rings (SSSR count). The minimum atomic E-state index is -1.34. The molecule has 2 atom stereocenters. The van der Waals surface area contributed by atoms with Crippen LogP contribution in [0.1, 0.15) is 36.5 Å². The number of anilines is 1.